The van der Waals surface area contributed by atoms with Crippen LogP contribution in [0, 0.1) is 28.6 Å². The third-order valence-electron chi connectivity index (χ3n) is 8.23. The Hall–Kier alpha value is -1.75. The topological polar surface area (TPSA) is 80.7 Å². The van der Waals surface area contributed by atoms with Crippen LogP contribution in [0.2, 0.25) is 0 Å². The number of fused-ring (bicyclic) bond motifs is 5. The summed E-state index contributed by atoms with van der Waals surface area (Å²) in [6.07, 6.45) is 10.6. The minimum absolute atomic E-state index is 0.0108. The summed E-state index contributed by atoms with van der Waals surface area (Å²) in [6.45, 7) is 3.60. The first-order valence-corrected chi connectivity index (χ1v) is 10.5. The number of esters is 1. The number of aliphatic hydroxyl groups is 1. The lowest BCUT2D eigenvalue weighted by Gasteiger charge is -2.53. The van der Waals surface area contributed by atoms with Crippen LogP contribution in [-0.2, 0) is 19.1 Å². The van der Waals surface area contributed by atoms with E-state index >= 15 is 0 Å². The van der Waals surface area contributed by atoms with Gasteiger partial charge in [0.1, 0.15) is 13.2 Å². The average molecular weight is 386 g/mol. The number of carbonyl (C=O) groups excluding carboxylic acids is 3. The van der Waals surface area contributed by atoms with Gasteiger partial charge in [-0.25, -0.2) is 4.79 Å². The molecule has 0 bridgehead atoms. The van der Waals surface area contributed by atoms with E-state index in [9.17, 15) is 14.4 Å². The maximum absolute atomic E-state index is 12.8. The van der Waals surface area contributed by atoms with Crippen LogP contribution in [0.5, 0.6) is 0 Å². The largest absolute Gasteiger partial charge is 0.456 e. The lowest BCUT2D eigenvalue weighted by atomic mass is 9.51. The van der Waals surface area contributed by atoms with E-state index in [0.29, 0.717) is 18.3 Å². The molecule has 0 aliphatic heterocycles. The van der Waals surface area contributed by atoms with Crippen molar-refractivity contribution >= 4 is 17.5 Å². The van der Waals surface area contributed by atoms with E-state index in [-0.39, 0.29) is 34.9 Å². The number of carbonyl (C=O) groups is 3. The molecule has 0 heterocycles. The highest BCUT2D eigenvalue weighted by Gasteiger charge is 2.57. The van der Waals surface area contributed by atoms with Gasteiger partial charge in [0.25, 0.3) is 0 Å². The quantitative estimate of drug-likeness (QED) is 0.593. The number of hydrogen-bond acceptors (Lipinski definition) is 5. The van der Waals surface area contributed by atoms with Crippen molar-refractivity contribution in [3.05, 3.63) is 23.3 Å². The molecule has 0 radical (unpaired) electrons. The van der Waals surface area contributed by atoms with Crippen LogP contribution in [0.3, 0.4) is 0 Å². The average Bonchev–Trinajstić information content (AvgIpc) is 3.03. The molecule has 4 aliphatic rings. The van der Waals surface area contributed by atoms with Crippen molar-refractivity contribution in [1.29, 1.82) is 0 Å². The Morgan fingerprint density at radius 1 is 1.21 bits per heavy atom. The van der Waals surface area contributed by atoms with E-state index in [1.165, 1.54) is 11.1 Å². The minimum atomic E-state index is -0.745. The molecule has 5 atom stereocenters. The highest BCUT2D eigenvalue weighted by Crippen LogP contribution is 2.64. The maximum atomic E-state index is 12.8. The second-order valence-corrected chi connectivity index (χ2v) is 9.50. The van der Waals surface area contributed by atoms with Gasteiger partial charge in [-0.1, -0.05) is 31.1 Å². The molecule has 4 aliphatic carbocycles. The summed E-state index contributed by atoms with van der Waals surface area (Å²) in [5.41, 5.74) is 2.71. The zero-order valence-electron chi connectivity index (χ0n) is 16.8. The first kappa shape index (κ1) is 19.6. The van der Waals surface area contributed by atoms with Gasteiger partial charge in [-0.15, -0.1) is 0 Å². The Labute approximate surface area is 166 Å². The van der Waals surface area contributed by atoms with Gasteiger partial charge in [0, 0.05) is 17.8 Å². The van der Waals surface area contributed by atoms with Crippen LogP contribution >= 0.6 is 0 Å². The van der Waals surface area contributed by atoms with E-state index < -0.39 is 12.6 Å². The lowest BCUT2D eigenvalue weighted by molar-refractivity contribution is -0.152. The van der Waals surface area contributed by atoms with Gasteiger partial charge in [0.15, 0.2) is 11.6 Å². The number of ether oxygens (including phenoxy) is 1. The Kier molecular flexibility index (Phi) is 4.85. The number of rotatable bonds is 4. The fourth-order valence-corrected chi connectivity index (χ4v) is 6.68. The van der Waals surface area contributed by atoms with Crippen molar-refractivity contribution < 1.29 is 24.2 Å². The summed E-state index contributed by atoms with van der Waals surface area (Å²) in [6, 6.07) is 0. The third-order valence-corrected chi connectivity index (χ3v) is 8.23. The number of Topliss-reactive ketones (excluding diaryl/α,β-unsaturated/α-hetero) is 1. The fourth-order valence-electron chi connectivity index (χ4n) is 6.68. The zero-order valence-corrected chi connectivity index (χ0v) is 16.8. The van der Waals surface area contributed by atoms with Gasteiger partial charge >= 0.3 is 5.97 Å². The number of aliphatic hydroxyl groups excluding tert-OH is 1. The Bertz CT molecular complexity index is 778. The molecule has 0 amide bonds. The van der Waals surface area contributed by atoms with E-state index in [4.69, 9.17) is 9.84 Å². The molecular formula is C23H30O5. The monoisotopic (exact) mass is 386 g/mol. The van der Waals surface area contributed by atoms with Crippen molar-refractivity contribution in [2.45, 2.75) is 58.8 Å². The van der Waals surface area contributed by atoms with E-state index in [1.54, 1.807) is 0 Å². The molecule has 0 spiro atoms. The molecule has 2 saturated carbocycles. The molecule has 0 unspecified atom stereocenters. The first-order chi connectivity index (χ1) is 13.3. The Balaban J connectivity index is 1.58. The summed E-state index contributed by atoms with van der Waals surface area (Å²) in [7, 11) is 0. The van der Waals surface area contributed by atoms with Crippen LogP contribution in [0.15, 0.2) is 23.3 Å². The van der Waals surface area contributed by atoms with Gasteiger partial charge in [-0.2, -0.15) is 0 Å². The van der Waals surface area contributed by atoms with Crippen molar-refractivity contribution in [3.63, 3.8) is 0 Å². The van der Waals surface area contributed by atoms with Crippen LogP contribution < -0.4 is 0 Å². The summed E-state index contributed by atoms with van der Waals surface area (Å²) < 4.78 is 4.90. The van der Waals surface area contributed by atoms with Gasteiger partial charge in [0.2, 0.25) is 0 Å². The summed E-state index contributed by atoms with van der Waals surface area (Å²) in [5.74, 6) is 0.341. The smallest absolute Gasteiger partial charge is 0.332 e. The summed E-state index contributed by atoms with van der Waals surface area (Å²) >= 11 is 0. The molecule has 28 heavy (non-hydrogen) atoms. The lowest BCUT2D eigenvalue weighted by Crippen LogP contribution is -2.45. The highest BCUT2D eigenvalue weighted by molar-refractivity contribution is 5.92. The molecule has 1 N–H and O–H groups in total. The predicted octanol–water partition coefficient (Wildman–Crippen LogP) is 3.16. The molecule has 5 heteroatoms. The van der Waals surface area contributed by atoms with Gasteiger partial charge in [0.05, 0.1) is 0 Å². The van der Waals surface area contributed by atoms with Crippen molar-refractivity contribution in [2.24, 2.45) is 28.6 Å². The molecular weight excluding hydrogens is 356 g/mol. The van der Waals surface area contributed by atoms with Crippen molar-refractivity contribution in [2.75, 3.05) is 13.2 Å². The number of ketones is 2. The van der Waals surface area contributed by atoms with Crippen LogP contribution in [-0.4, -0.2) is 35.9 Å². The van der Waals surface area contributed by atoms with E-state index in [0.717, 1.165) is 38.5 Å². The van der Waals surface area contributed by atoms with Gasteiger partial charge < -0.3 is 9.84 Å². The molecule has 2 fully saturated rings. The fraction of sp³-hybridized carbons (Fsp3) is 0.696. The van der Waals surface area contributed by atoms with E-state index in [1.807, 2.05) is 6.08 Å². The standard InChI is InChI=1S/C23H30O5/c1-22-9-7-15(25)11-14(22)3-4-16-17-5-6-19(20(26)13-28-21(27)12-24)23(17,2)10-8-18(16)22/h8,11,16-17,19,24H,3-7,9-10,12-13H2,1-2H3/t16-,17-,19+,22-,23-/m0/s1. The maximum Gasteiger partial charge on any atom is 0.332 e. The molecule has 4 rings (SSSR count). The second-order valence-electron chi connectivity index (χ2n) is 9.50. The van der Waals surface area contributed by atoms with Gasteiger partial charge in [-0.05, 0) is 61.9 Å². The van der Waals surface area contributed by atoms with E-state index in [2.05, 4.69) is 19.9 Å². The van der Waals surface area contributed by atoms with Crippen LogP contribution in [0.1, 0.15) is 58.8 Å². The second kappa shape index (κ2) is 6.94. The summed E-state index contributed by atoms with van der Waals surface area (Å²) in [4.78, 5) is 35.9. The zero-order chi connectivity index (χ0) is 20.1. The Morgan fingerprint density at radius 2 is 2.00 bits per heavy atom. The molecule has 0 aromatic carbocycles. The summed E-state index contributed by atoms with van der Waals surface area (Å²) in [5, 5.41) is 8.80. The molecule has 0 aromatic heterocycles. The predicted molar refractivity (Wildman–Crippen MR) is 103 cm³/mol. The normalized spacial score (nSPS) is 39.2. The third kappa shape index (κ3) is 2.90. The van der Waals surface area contributed by atoms with Crippen molar-refractivity contribution in [3.8, 4) is 0 Å². The molecule has 152 valence electrons. The molecule has 5 nitrogen and oxygen atoms in total. The van der Waals surface area contributed by atoms with Crippen molar-refractivity contribution in [1.82, 2.24) is 0 Å². The number of allylic oxidation sites excluding steroid dienone is 4. The SMILES string of the molecule is C[C@]12CCC(=O)C=C1CC[C@@H]1C2=CC[C@]2(C)[C@@H](C(=O)COC(=O)CO)CC[C@@H]12. The Morgan fingerprint density at radius 3 is 2.75 bits per heavy atom. The van der Waals surface area contributed by atoms with Crippen LogP contribution in [0.4, 0.5) is 0 Å². The van der Waals surface area contributed by atoms with Gasteiger partial charge in [-0.3, -0.25) is 9.59 Å². The highest BCUT2D eigenvalue weighted by atomic mass is 16.5. The molecule has 0 saturated heterocycles. The number of hydrogen-bond donors (Lipinski definition) is 1. The van der Waals surface area contributed by atoms with Crippen LogP contribution in [0.25, 0.3) is 0 Å². The first-order valence-electron chi connectivity index (χ1n) is 10.5. The molecule has 0 aromatic rings. The minimum Gasteiger partial charge on any atom is -0.456 e.